The molecule has 1 aromatic heterocycles. The summed E-state index contributed by atoms with van der Waals surface area (Å²) in [4.78, 5) is 23.1. The van der Waals surface area contributed by atoms with Gasteiger partial charge in [-0.05, 0) is 25.1 Å². The smallest absolute Gasteiger partial charge is 0.416 e. The molecular weight excluding hydrogens is 339 g/mol. The Labute approximate surface area is 141 Å². The molecule has 1 heterocycles. The highest BCUT2D eigenvalue weighted by atomic mass is 19.4. The molecule has 0 unspecified atom stereocenters. The van der Waals surface area contributed by atoms with Gasteiger partial charge in [0.05, 0.1) is 42.2 Å². The average Bonchev–Trinajstić information content (AvgIpc) is 2.95. The SMILES string of the molecule is COC(=O)CCNC(=O)c1cnn(-c2cccc(C(F)(F)F)c2)c1C. The Morgan fingerprint density at radius 2 is 2.04 bits per heavy atom. The third-order valence-corrected chi connectivity index (χ3v) is 3.51. The van der Waals surface area contributed by atoms with Crippen LogP contribution in [0.2, 0.25) is 0 Å². The summed E-state index contributed by atoms with van der Waals surface area (Å²) in [7, 11) is 1.24. The number of carbonyl (C=O) groups excluding carboxylic acids is 2. The fourth-order valence-corrected chi connectivity index (χ4v) is 2.18. The summed E-state index contributed by atoms with van der Waals surface area (Å²) in [6.07, 6.45) is -3.18. The Kier molecular flexibility index (Phi) is 5.45. The van der Waals surface area contributed by atoms with Crippen LogP contribution in [-0.4, -0.2) is 35.3 Å². The molecule has 0 fully saturated rings. The number of ether oxygens (including phenoxy) is 1. The van der Waals surface area contributed by atoms with Crippen molar-refractivity contribution in [2.24, 2.45) is 0 Å². The Hall–Kier alpha value is -2.84. The number of carbonyl (C=O) groups is 2. The third-order valence-electron chi connectivity index (χ3n) is 3.51. The van der Waals surface area contributed by atoms with E-state index >= 15 is 0 Å². The largest absolute Gasteiger partial charge is 0.469 e. The average molecular weight is 355 g/mol. The van der Waals surface area contributed by atoms with Gasteiger partial charge in [-0.1, -0.05) is 6.07 Å². The number of rotatable bonds is 5. The number of esters is 1. The molecule has 2 aromatic rings. The fraction of sp³-hybridized carbons (Fsp3) is 0.312. The molecule has 9 heteroatoms. The molecule has 2 rings (SSSR count). The van der Waals surface area contributed by atoms with Crippen LogP contribution in [0.3, 0.4) is 0 Å². The molecule has 0 atom stereocenters. The van der Waals surface area contributed by atoms with Crippen molar-refractivity contribution in [3.8, 4) is 5.69 Å². The lowest BCUT2D eigenvalue weighted by atomic mass is 10.2. The first-order valence-electron chi connectivity index (χ1n) is 7.31. The number of hydrogen-bond acceptors (Lipinski definition) is 4. The maximum atomic E-state index is 12.8. The number of benzene rings is 1. The number of amides is 1. The van der Waals surface area contributed by atoms with Gasteiger partial charge in [-0.15, -0.1) is 0 Å². The van der Waals surface area contributed by atoms with E-state index in [1.54, 1.807) is 6.92 Å². The second-order valence-electron chi connectivity index (χ2n) is 5.19. The summed E-state index contributed by atoms with van der Waals surface area (Å²) in [5.74, 6) is -0.934. The minimum atomic E-state index is -4.47. The standard InChI is InChI=1S/C16H16F3N3O3/c1-10-13(15(24)20-7-6-14(23)25-2)9-21-22(10)12-5-3-4-11(8-12)16(17,18)19/h3-5,8-9H,6-7H2,1-2H3,(H,20,24). The second-order valence-corrected chi connectivity index (χ2v) is 5.19. The Balaban J connectivity index is 2.18. The van der Waals surface area contributed by atoms with Crippen molar-refractivity contribution >= 4 is 11.9 Å². The lowest BCUT2D eigenvalue weighted by Crippen LogP contribution is -2.26. The molecule has 0 aliphatic carbocycles. The monoisotopic (exact) mass is 355 g/mol. The van der Waals surface area contributed by atoms with Gasteiger partial charge in [0.2, 0.25) is 0 Å². The maximum Gasteiger partial charge on any atom is 0.416 e. The summed E-state index contributed by atoms with van der Waals surface area (Å²) in [5.41, 5.74) is -0.0120. The predicted octanol–water partition coefficient (Wildman–Crippen LogP) is 2.49. The Bertz CT molecular complexity index is 784. The molecule has 0 spiro atoms. The molecule has 0 saturated carbocycles. The van der Waals surface area contributed by atoms with Crippen molar-refractivity contribution in [2.75, 3.05) is 13.7 Å². The van der Waals surface area contributed by atoms with Crippen molar-refractivity contribution in [3.63, 3.8) is 0 Å². The molecule has 0 aliphatic heterocycles. The van der Waals surface area contributed by atoms with Crippen molar-refractivity contribution in [2.45, 2.75) is 19.5 Å². The summed E-state index contributed by atoms with van der Waals surface area (Å²) >= 11 is 0. The zero-order valence-electron chi connectivity index (χ0n) is 13.6. The Morgan fingerprint density at radius 3 is 2.68 bits per heavy atom. The first kappa shape index (κ1) is 18.5. The number of nitrogens with one attached hydrogen (secondary N) is 1. The molecule has 1 N–H and O–H groups in total. The summed E-state index contributed by atoms with van der Waals surface area (Å²) in [6, 6.07) is 4.66. The van der Waals surface area contributed by atoms with Gasteiger partial charge in [0, 0.05) is 6.54 Å². The van der Waals surface area contributed by atoms with Crippen LogP contribution >= 0.6 is 0 Å². The quantitative estimate of drug-likeness (QED) is 0.837. The van der Waals surface area contributed by atoms with Crippen molar-refractivity contribution in [1.29, 1.82) is 0 Å². The van der Waals surface area contributed by atoms with Gasteiger partial charge < -0.3 is 10.1 Å². The van der Waals surface area contributed by atoms with E-state index in [4.69, 9.17) is 0 Å². The molecule has 0 radical (unpaired) electrons. The van der Waals surface area contributed by atoms with Gasteiger partial charge >= 0.3 is 12.1 Å². The number of aromatic nitrogens is 2. The summed E-state index contributed by atoms with van der Waals surface area (Å²) in [5, 5.41) is 6.52. The van der Waals surface area contributed by atoms with Crippen LogP contribution in [0.5, 0.6) is 0 Å². The summed E-state index contributed by atoms with van der Waals surface area (Å²) in [6.45, 7) is 1.65. The first-order chi connectivity index (χ1) is 11.7. The van der Waals surface area contributed by atoms with Crippen LogP contribution < -0.4 is 5.32 Å². The molecule has 0 saturated heterocycles. The number of hydrogen-bond donors (Lipinski definition) is 1. The second kappa shape index (κ2) is 7.37. The van der Waals surface area contributed by atoms with E-state index in [1.165, 1.54) is 30.1 Å². The predicted molar refractivity (Wildman–Crippen MR) is 82.3 cm³/mol. The number of methoxy groups -OCH3 is 1. The summed E-state index contributed by atoms with van der Waals surface area (Å²) < 4.78 is 44.2. The first-order valence-corrected chi connectivity index (χ1v) is 7.31. The molecule has 25 heavy (non-hydrogen) atoms. The van der Waals surface area contributed by atoms with Gasteiger partial charge in [0.15, 0.2) is 0 Å². The van der Waals surface area contributed by atoms with Crippen molar-refractivity contribution in [3.05, 3.63) is 47.3 Å². The number of nitrogens with zero attached hydrogens (tertiary/aromatic N) is 2. The van der Waals surface area contributed by atoms with Gasteiger partial charge in [-0.3, -0.25) is 9.59 Å². The molecule has 134 valence electrons. The molecule has 0 aliphatic rings. The van der Waals surface area contributed by atoms with E-state index in [0.29, 0.717) is 5.69 Å². The number of alkyl halides is 3. The van der Waals surface area contributed by atoms with Crippen molar-refractivity contribution in [1.82, 2.24) is 15.1 Å². The fourth-order valence-electron chi connectivity index (χ4n) is 2.18. The van der Waals surface area contributed by atoms with Crippen LogP contribution in [0.25, 0.3) is 5.69 Å². The van der Waals surface area contributed by atoms with Gasteiger partial charge in [0.25, 0.3) is 5.91 Å². The molecule has 1 aromatic carbocycles. The van der Waals surface area contributed by atoms with Gasteiger partial charge in [-0.25, -0.2) is 4.68 Å². The van der Waals surface area contributed by atoms with E-state index in [9.17, 15) is 22.8 Å². The van der Waals surface area contributed by atoms with E-state index in [0.717, 1.165) is 12.1 Å². The van der Waals surface area contributed by atoms with E-state index in [-0.39, 0.29) is 24.2 Å². The normalized spacial score (nSPS) is 11.2. The highest BCUT2D eigenvalue weighted by molar-refractivity contribution is 5.95. The van der Waals surface area contributed by atoms with E-state index < -0.39 is 23.6 Å². The minimum absolute atomic E-state index is 0.0169. The highest BCUT2D eigenvalue weighted by Crippen LogP contribution is 2.30. The topological polar surface area (TPSA) is 73.2 Å². The Morgan fingerprint density at radius 1 is 1.32 bits per heavy atom. The lowest BCUT2D eigenvalue weighted by Gasteiger charge is -2.10. The van der Waals surface area contributed by atoms with E-state index in [1.807, 2.05) is 0 Å². The third kappa shape index (κ3) is 4.37. The zero-order chi connectivity index (χ0) is 18.6. The maximum absolute atomic E-state index is 12.8. The number of halogens is 3. The van der Waals surface area contributed by atoms with Crippen molar-refractivity contribution < 1.29 is 27.5 Å². The van der Waals surface area contributed by atoms with Crippen LogP contribution in [0.1, 0.15) is 28.0 Å². The van der Waals surface area contributed by atoms with Crippen LogP contribution in [0.15, 0.2) is 30.5 Å². The van der Waals surface area contributed by atoms with Crippen LogP contribution in [-0.2, 0) is 15.7 Å². The van der Waals surface area contributed by atoms with Gasteiger partial charge in [-0.2, -0.15) is 18.3 Å². The molecule has 6 nitrogen and oxygen atoms in total. The molecule has 1 amide bonds. The molecular formula is C16H16F3N3O3. The van der Waals surface area contributed by atoms with Crippen LogP contribution in [0.4, 0.5) is 13.2 Å². The van der Waals surface area contributed by atoms with E-state index in [2.05, 4.69) is 15.2 Å². The van der Waals surface area contributed by atoms with Crippen LogP contribution in [0, 0.1) is 6.92 Å². The van der Waals surface area contributed by atoms with Gasteiger partial charge in [0.1, 0.15) is 0 Å². The highest BCUT2D eigenvalue weighted by Gasteiger charge is 2.30. The lowest BCUT2D eigenvalue weighted by molar-refractivity contribution is -0.140. The minimum Gasteiger partial charge on any atom is -0.469 e. The zero-order valence-corrected chi connectivity index (χ0v) is 13.6. The molecule has 0 bridgehead atoms.